The summed E-state index contributed by atoms with van der Waals surface area (Å²) in [5.41, 5.74) is 2.57. The minimum Gasteiger partial charge on any atom is -0.266 e. The van der Waals surface area contributed by atoms with Gasteiger partial charge >= 0.3 is 0 Å². The van der Waals surface area contributed by atoms with Crippen LogP contribution in [0.5, 0.6) is 0 Å². The molecule has 6 heteroatoms. The van der Waals surface area contributed by atoms with Crippen LogP contribution in [0.25, 0.3) is 22.4 Å². The Labute approximate surface area is 140 Å². The van der Waals surface area contributed by atoms with Gasteiger partial charge in [0.05, 0.1) is 4.53 Å². The van der Waals surface area contributed by atoms with E-state index < -0.39 is 0 Å². The van der Waals surface area contributed by atoms with Crippen molar-refractivity contribution in [3.05, 3.63) is 80.4 Å². The lowest BCUT2D eigenvalue weighted by Crippen LogP contribution is -2.23. The van der Waals surface area contributed by atoms with Gasteiger partial charge in [0.15, 0.2) is 5.82 Å². The average molecular weight is 337 g/mol. The van der Waals surface area contributed by atoms with Gasteiger partial charge in [0.1, 0.15) is 5.82 Å². The van der Waals surface area contributed by atoms with Crippen molar-refractivity contribution in [1.29, 1.82) is 0 Å². The fraction of sp³-hybridized carbons (Fsp3) is 0.0556. The van der Waals surface area contributed by atoms with Crippen LogP contribution in [-0.2, 0) is 0 Å². The van der Waals surface area contributed by atoms with Crippen molar-refractivity contribution in [2.24, 2.45) is 0 Å². The molecule has 0 saturated carbocycles. The maximum absolute atomic E-state index is 13.0. The molecule has 0 amide bonds. The molecule has 0 fully saturated rings. The molecule has 0 saturated heterocycles. The van der Waals surface area contributed by atoms with E-state index >= 15 is 0 Å². The molecule has 2 aromatic heterocycles. The van der Waals surface area contributed by atoms with Gasteiger partial charge in [-0.15, -0.1) is 5.10 Å². The van der Waals surface area contributed by atoms with Gasteiger partial charge in [-0.3, -0.25) is 4.79 Å². The van der Waals surface area contributed by atoms with E-state index in [9.17, 15) is 9.18 Å². The van der Waals surface area contributed by atoms with Gasteiger partial charge in [-0.2, -0.15) is 9.50 Å². The first-order valence-corrected chi connectivity index (χ1v) is 8.16. The number of halogens is 1. The standard InChI is InChI=1S/C18H12FN3OS/c1-11-2-6-13(7-3-11)16-20-18-22(21-16)17(23)15(24-18)10-12-4-8-14(19)9-5-12/h2-10H,1H3/b15-10+. The van der Waals surface area contributed by atoms with Crippen LogP contribution < -0.4 is 10.1 Å². The summed E-state index contributed by atoms with van der Waals surface area (Å²) in [7, 11) is 0. The SMILES string of the molecule is Cc1ccc(-c2nc3s/c(=C/c4ccc(F)cc4)c(=O)n3n2)cc1. The molecule has 0 spiro atoms. The maximum Gasteiger partial charge on any atom is 0.291 e. The molecule has 0 bridgehead atoms. The Morgan fingerprint density at radius 2 is 1.79 bits per heavy atom. The number of nitrogens with zero attached hydrogens (tertiary/aromatic N) is 3. The van der Waals surface area contributed by atoms with Crippen molar-refractivity contribution in [2.75, 3.05) is 0 Å². The Morgan fingerprint density at radius 3 is 2.46 bits per heavy atom. The molecule has 0 aliphatic heterocycles. The normalized spacial score (nSPS) is 12.2. The number of aryl methyl sites for hydroxylation is 1. The highest BCUT2D eigenvalue weighted by molar-refractivity contribution is 7.15. The highest BCUT2D eigenvalue weighted by Gasteiger charge is 2.11. The molecule has 0 unspecified atom stereocenters. The molecule has 0 aliphatic carbocycles. The summed E-state index contributed by atoms with van der Waals surface area (Å²) in [5.74, 6) is 0.228. The molecule has 0 radical (unpaired) electrons. The summed E-state index contributed by atoms with van der Waals surface area (Å²) in [6.07, 6.45) is 1.72. The van der Waals surface area contributed by atoms with Crippen molar-refractivity contribution < 1.29 is 4.39 Å². The largest absolute Gasteiger partial charge is 0.291 e. The number of thiazole rings is 1. The minimum atomic E-state index is -0.306. The third-order valence-corrected chi connectivity index (χ3v) is 4.62. The Balaban J connectivity index is 1.79. The van der Waals surface area contributed by atoms with E-state index in [1.165, 1.54) is 28.0 Å². The monoisotopic (exact) mass is 337 g/mol. The molecule has 2 aromatic carbocycles. The lowest BCUT2D eigenvalue weighted by Gasteiger charge is -1.95. The smallest absolute Gasteiger partial charge is 0.266 e. The van der Waals surface area contributed by atoms with Crippen molar-refractivity contribution >= 4 is 22.4 Å². The molecule has 0 aliphatic rings. The van der Waals surface area contributed by atoms with E-state index in [0.717, 1.165) is 16.7 Å². The van der Waals surface area contributed by atoms with Crippen LogP contribution in [0.3, 0.4) is 0 Å². The van der Waals surface area contributed by atoms with Crippen molar-refractivity contribution in [3.63, 3.8) is 0 Å². The molecule has 4 aromatic rings. The number of fused-ring (bicyclic) bond motifs is 1. The zero-order chi connectivity index (χ0) is 16.7. The first-order valence-electron chi connectivity index (χ1n) is 7.34. The molecule has 4 nitrogen and oxygen atoms in total. The molecular formula is C18H12FN3OS. The van der Waals surface area contributed by atoms with Crippen molar-refractivity contribution in [3.8, 4) is 11.4 Å². The van der Waals surface area contributed by atoms with Gasteiger partial charge in [0, 0.05) is 5.56 Å². The van der Waals surface area contributed by atoms with E-state index in [2.05, 4.69) is 10.1 Å². The topological polar surface area (TPSA) is 47.3 Å². The molecule has 118 valence electrons. The fourth-order valence-corrected chi connectivity index (χ4v) is 3.28. The van der Waals surface area contributed by atoms with Crippen LogP contribution in [0.1, 0.15) is 11.1 Å². The molecule has 4 rings (SSSR count). The molecule has 0 atom stereocenters. The van der Waals surface area contributed by atoms with Gasteiger partial charge in [-0.25, -0.2) is 4.39 Å². The quantitative estimate of drug-likeness (QED) is 0.565. The van der Waals surface area contributed by atoms with Crippen LogP contribution in [0.2, 0.25) is 0 Å². The highest BCUT2D eigenvalue weighted by atomic mass is 32.1. The van der Waals surface area contributed by atoms with E-state index in [1.807, 2.05) is 31.2 Å². The Bertz CT molecular complexity index is 1130. The third kappa shape index (κ3) is 2.61. The van der Waals surface area contributed by atoms with E-state index in [1.54, 1.807) is 18.2 Å². The first-order chi connectivity index (χ1) is 11.6. The summed E-state index contributed by atoms with van der Waals surface area (Å²) < 4.78 is 14.8. The second-order valence-corrected chi connectivity index (χ2v) is 6.47. The molecule has 24 heavy (non-hydrogen) atoms. The Kier molecular flexibility index (Phi) is 3.46. The number of hydrogen-bond acceptors (Lipinski definition) is 4. The molecular weight excluding hydrogens is 325 g/mol. The zero-order valence-electron chi connectivity index (χ0n) is 12.7. The number of rotatable bonds is 2. The number of aromatic nitrogens is 3. The van der Waals surface area contributed by atoms with Crippen LogP contribution in [0.15, 0.2) is 53.3 Å². The third-order valence-electron chi connectivity index (χ3n) is 3.66. The average Bonchev–Trinajstić information content (AvgIpc) is 3.11. The van der Waals surface area contributed by atoms with E-state index in [-0.39, 0.29) is 11.4 Å². The van der Waals surface area contributed by atoms with Gasteiger partial charge < -0.3 is 0 Å². The molecule has 2 heterocycles. The summed E-state index contributed by atoms with van der Waals surface area (Å²) in [5, 5.41) is 4.31. The summed E-state index contributed by atoms with van der Waals surface area (Å²) in [6.45, 7) is 2.01. The highest BCUT2D eigenvalue weighted by Crippen LogP contribution is 2.17. The summed E-state index contributed by atoms with van der Waals surface area (Å²) in [4.78, 5) is 17.4. The van der Waals surface area contributed by atoms with E-state index in [4.69, 9.17) is 0 Å². The Morgan fingerprint density at radius 1 is 1.08 bits per heavy atom. The minimum absolute atomic E-state index is 0.217. The van der Waals surface area contributed by atoms with Crippen LogP contribution in [0, 0.1) is 12.7 Å². The van der Waals surface area contributed by atoms with Crippen LogP contribution in [-0.4, -0.2) is 14.6 Å². The second kappa shape index (κ2) is 5.65. The summed E-state index contributed by atoms with van der Waals surface area (Å²) >= 11 is 1.27. The maximum atomic E-state index is 13.0. The van der Waals surface area contributed by atoms with Crippen molar-refractivity contribution in [1.82, 2.24) is 14.6 Å². The first kappa shape index (κ1) is 14.7. The van der Waals surface area contributed by atoms with Crippen LogP contribution in [0.4, 0.5) is 4.39 Å². The lowest BCUT2D eigenvalue weighted by atomic mass is 10.1. The van der Waals surface area contributed by atoms with Gasteiger partial charge in [0.25, 0.3) is 5.56 Å². The predicted octanol–water partition coefficient (Wildman–Crippen LogP) is 2.81. The lowest BCUT2D eigenvalue weighted by molar-refractivity contribution is 0.628. The summed E-state index contributed by atoms with van der Waals surface area (Å²) in [6, 6.07) is 13.8. The molecule has 0 N–H and O–H groups in total. The Hall–Kier alpha value is -2.86. The number of hydrogen-bond donors (Lipinski definition) is 0. The second-order valence-electron chi connectivity index (χ2n) is 5.46. The van der Waals surface area contributed by atoms with Crippen LogP contribution >= 0.6 is 11.3 Å². The van der Waals surface area contributed by atoms with Gasteiger partial charge in [-0.1, -0.05) is 53.3 Å². The number of benzene rings is 2. The van der Waals surface area contributed by atoms with Gasteiger partial charge in [0.2, 0.25) is 4.96 Å². The fourth-order valence-electron chi connectivity index (χ4n) is 2.37. The predicted molar refractivity (Wildman–Crippen MR) is 92.5 cm³/mol. The van der Waals surface area contributed by atoms with Crippen molar-refractivity contribution in [2.45, 2.75) is 6.92 Å². The van der Waals surface area contributed by atoms with Gasteiger partial charge in [-0.05, 0) is 30.7 Å². The van der Waals surface area contributed by atoms with E-state index in [0.29, 0.717) is 15.3 Å². The zero-order valence-corrected chi connectivity index (χ0v) is 13.5.